The molecule has 0 bridgehead atoms. The number of carboxylic acid groups (broad SMARTS) is 1. The first-order valence-electron chi connectivity index (χ1n) is 12.5. The molecule has 39 heavy (non-hydrogen) atoms. The van der Waals surface area contributed by atoms with E-state index in [0.717, 1.165) is 16.7 Å². The van der Waals surface area contributed by atoms with E-state index < -0.39 is 12.1 Å². The van der Waals surface area contributed by atoms with Crippen LogP contribution in [0.25, 0.3) is 11.6 Å². The monoisotopic (exact) mass is 521 g/mol. The van der Waals surface area contributed by atoms with E-state index in [1.54, 1.807) is 17.0 Å². The molecule has 3 aromatic carbocycles. The van der Waals surface area contributed by atoms with E-state index in [2.05, 4.69) is 10.3 Å². The highest BCUT2D eigenvalue weighted by atomic mass is 16.5. The molecule has 0 aliphatic heterocycles. The van der Waals surface area contributed by atoms with Crippen LogP contribution < -0.4 is 15.5 Å². The first kappa shape index (κ1) is 25.5. The minimum atomic E-state index is -1.14. The third-order valence-corrected chi connectivity index (χ3v) is 6.40. The molecule has 2 N–H and O–H groups in total. The third kappa shape index (κ3) is 6.07. The fourth-order valence-electron chi connectivity index (χ4n) is 4.67. The number of carbonyl (C=O) groups is 1. The normalized spacial score (nSPS) is 11.7. The van der Waals surface area contributed by atoms with Crippen molar-refractivity contribution in [1.29, 1.82) is 0 Å². The van der Waals surface area contributed by atoms with Gasteiger partial charge in [0.25, 0.3) is 0 Å². The van der Waals surface area contributed by atoms with Crippen LogP contribution in [0.5, 0.6) is 5.75 Å². The number of hydrogen-bond acceptors (Lipinski definition) is 5. The van der Waals surface area contributed by atoms with Crippen molar-refractivity contribution in [1.82, 2.24) is 14.9 Å². The minimum Gasteiger partial charge on any atom is -0.481 e. The van der Waals surface area contributed by atoms with Crippen molar-refractivity contribution in [2.75, 3.05) is 0 Å². The molecule has 0 saturated carbocycles. The van der Waals surface area contributed by atoms with E-state index in [1.807, 2.05) is 91.0 Å². The second-order valence-electron chi connectivity index (χ2n) is 8.98. The van der Waals surface area contributed by atoms with Crippen molar-refractivity contribution in [3.05, 3.63) is 143 Å². The first-order chi connectivity index (χ1) is 19.1. The van der Waals surface area contributed by atoms with Crippen molar-refractivity contribution in [3.8, 4) is 17.3 Å². The zero-order valence-electron chi connectivity index (χ0n) is 21.0. The van der Waals surface area contributed by atoms with E-state index in [4.69, 9.17) is 9.15 Å². The molecule has 0 saturated heterocycles. The molecule has 2 aromatic heterocycles. The van der Waals surface area contributed by atoms with Gasteiger partial charge in [0.15, 0.2) is 5.82 Å². The summed E-state index contributed by atoms with van der Waals surface area (Å²) in [5.41, 5.74) is 2.48. The molecule has 0 radical (unpaired) electrons. The Bertz CT molecular complexity index is 1530. The number of rotatable bonds is 10. The van der Waals surface area contributed by atoms with E-state index in [1.165, 1.54) is 12.3 Å². The highest BCUT2D eigenvalue weighted by Gasteiger charge is 2.29. The van der Waals surface area contributed by atoms with Crippen molar-refractivity contribution >= 4 is 6.09 Å². The van der Waals surface area contributed by atoms with E-state index in [0.29, 0.717) is 5.82 Å². The van der Waals surface area contributed by atoms with E-state index >= 15 is 0 Å². The van der Waals surface area contributed by atoms with Gasteiger partial charge in [-0.3, -0.25) is 4.79 Å². The second-order valence-corrected chi connectivity index (χ2v) is 8.98. The maximum Gasteiger partial charge on any atom is 0.404 e. The second kappa shape index (κ2) is 12.0. The standard InChI is InChI=1S/C31H27N3O5/c35-26-16-19-38-29(28(26)39-21-22-10-4-1-5-11-22)30-32-17-18-34(30)20-25(33-31(36)37)27(23-12-6-2-7-13-23)24-14-8-3-9-15-24/h1-19,25,27,33H,20-21H2,(H,36,37). The maximum absolute atomic E-state index is 12.8. The summed E-state index contributed by atoms with van der Waals surface area (Å²) in [5, 5.41) is 12.5. The molecule has 8 heteroatoms. The molecule has 1 amide bonds. The average molecular weight is 522 g/mol. The Morgan fingerprint density at radius 2 is 1.54 bits per heavy atom. The van der Waals surface area contributed by atoms with E-state index in [-0.39, 0.29) is 36.0 Å². The molecule has 0 aliphatic carbocycles. The zero-order chi connectivity index (χ0) is 27.0. The lowest BCUT2D eigenvalue weighted by molar-refractivity contribution is 0.186. The molecule has 0 spiro atoms. The number of benzene rings is 3. The Balaban J connectivity index is 1.51. The minimum absolute atomic E-state index is 0.0409. The Labute approximate surface area is 225 Å². The van der Waals surface area contributed by atoms with Gasteiger partial charge < -0.3 is 24.1 Å². The molecule has 0 fully saturated rings. The molecule has 1 unspecified atom stereocenters. The van der Waals surface area contributed by atoms with Gasteiger partial charge in [0.1, 0.15) is 6.61 Å². The van der Waals surface area contributed by atoms with Crippen LogP contribution in [-0.4, -0.2) is 26.8 Å². The number of aromatic nitrogens is 2. The summed E-state index contributed by atoms with van der Waals surface area (Å²) in [7, 11) is 0. The SMILES string of the molecule is O=C(O)NC(Cn1ccnc1-c1occc(=O)c1OCc1ccccc1)C(c1ccccc1)c1ccccc1. The van der Waals surface area contributed by atoms with Gasteiger partial charge in [0.05, 0.1) is 12.3 Å². The summed E-state index contributed by atoms with van der Waals surface area (Å²) >= 11 is 0. The predicted molar refractivity (Wildman–Crippen MR) is 147 cm³/mol. The summed E-state index contributed by atoms with van der Waals surface area (Å²) in [5.74, 6) is 0.274. The Morgan fingerprint density at radius 3 is 2.15 bits per heavy atom. The number of nitrogens with zero attached hydrogens (tertiary/aromatic N) is 2. The molecule has 0 aliphatic rings. The first-order valence-corrected chi connectivity index (χ1v) is 12.5. The highest BCUT2D eigenvalue weighted by molar-refractivity contribution is 5.65. The average Bonchev–Trinajstić information content (AvgIpc) is 3.42. The lowest BCUT2D eigenvalue weighted by Gasteiger charge is -2.29. The summed E-state index contributed by atoms with van der Waals surface area (Å²) in [6, 6.07) is 29.7. The maximum atomic E-state index is 12.8. The molecule has 5 aromatic rings. The summed E-state index contributed by atoms with van der Waals surface area (Å²) in [6.45, 7) is 0.392. The van der Waals surface area contributed by atoms with Crippen molar-refractivity contribution in [3.63, 3.8) is 0 Å². The molecule has 2 heterocycles. The number of nitrogens with one attached hydrogen (secondary N) is 1. The van der Waals surface area contributed by atoms with Gasteiger partial charge in [-0.15, -0.1) is 0 Å². The lowest BCUT2D eigenvalue weighted by atomic mass is 9.85. The molecule has 8 nitrogen and oxygen atoms in total. The summed E-state index contributed by atoms with van der Waals surface area (Å²) in [6.07, 6.45) is 3.47. The van der Waals surface area contributed by atoms with Crippen molar-refractivity contribution in [2.45, 2.75) is 25.1 Å². The summed E-state index contributed by atoms with van der Waals surface area (Å²) in [4.78, 5) is 29.2. The molecule has 196 valence electrons. The molecule has 5 rings (SSSR count). The number of amides is 1. The van der Waals surface area contributed by atoms with Gasteiger partial charge in [-0.1, -0.05) is 91.0 Å². The predicted octanol–water partition coefficient (Wildman–Crippen LogP) is 5.55. The Hall–Kier alpha value is -5.11. The van der Waals surface area contributed by atoms with Gasteiger partial charge in [-0.05, 0) is 16.7 Å². The number of imidazole rings is 1. The summed E-state index contributed by atoms with van der Waals surface area (Å²) < 4.78 is 13.5. The quantitative estimate of drug-likeness (QED) is 0.250. The smallest absolute Gasteiger partial charge is 0.404 e. The fraction of sp³-hybridized carbons (Fsp3) is 0.129. The molecular formula is C31H27N3O5. The van der Waals surface area contributed by atoms with Crippen molar-refractivity contribution < 1.29 is 19.1 Å². The fourth-order valence-corrected chi connectivity index (χ4v) is 4.67. The Morgan fingerprint density at radius 1 is 0.923 bits per heavy atom. The molecular weight excluding hydrogens is 494 g/mol. The number of hydrogen-bond donors (Lipinski definition) is 2. The van der Waals surface area contributed by atoms with Gasteiger partial charge in [0.2, 0.25) is 16.9 Å². The van der Waals surface area contributed by atoms with Gasteiger partial charge in [0, 0.05) is 30.9 Å². The van der Waals surface area contributed by atoms with Crippen LogP contribution >= 0.6 is 0 Å². The Kier molecular flexibility index (Phi) is 7.83. The van der Waals surface area contributed by atoms with Crippen LogP contribution in [-0.2, 0) is 13.2 Å². The van der Waals surface area contributed by atoms with Crippen molar-refractivity contribution in [2.24, 2.45) is 0 Å². The lowest BCUT2D eigenvalue weighted by Crippen LogP contribution is -2.42. The zero-order valence-corrected chi connectivity index (χ0v) is 21.0. The van der Waals surface area contributed by atoms with Gasteiger partial charge >= 0.3 is 6.09 Å². The van der Waals surface area contributed by atoms with Crippen LogP contribution in [0, 0.1) is 0 Å². The highest BCUT2D eigenvalue weighted by Crippen LogP contribution is 2.31. The molecule has 1 atom stereocenters. The van der Waals surface area contributed by atoms with Crippen LogP contribution in [0.3, 0.4) is 0 Å². The number of ether oxygens (including phenoxy) is 1. The van der Waals surface area contributed by atoms with E-state index in [9.17, 15) is 14.7 Å². The van der Waals surface area contributed by atoms with Crippen LogP contribution in [0.4, 0.5) is 4.79 Å². The third-order valence-electron chi connectivity index (χ3n) is 6.40. The van der Waals surface area contributed by atoms with Crippen LogP contribution in [0.1, 0.15) is 22.6 Å². The van der Waals surface area contributed by atoms with Crippen LogP contribution in [0.15, 0.2) is 125 Å². The largest absolute Gasteiger partial charge is 0.481 e. The van der Waals surface area contributed by atoms with Gasteiger partial charge in [-0.25, -0.2) is 9.78 Å². The van der Waals surface area contributed by atoms with Crippen LogP contribution in [0.2, 0.25) is 0 Å². The van der Waals surface area contributed by atoms with Gasteiger partial charge in [-0.2, -0.15) is 0 Å². The topological polar surface area (TPSA) is 107 Å².